The molecule has 0 aliphatic carbocycles. The molecule has 0 aliphatic rings. The molecule has 3 rings (SSSR count). The maximum atomic E-state index is 12.6. The minimum atomic E-state index is -4.48. The van der Waals surface area contributed by atoms with Crippen molar-refractivity contribution in [3.63, 3.8) is 0 Å². The van der Waals surface area contributed by atoms with E-state index in [0.29, 0.717) is 17.1 Å². The van der Waals surface area contributed by atoms with Gasteiger partial charge in [-0.25, -0.2) is 4.98 Å². The van der Waals surface area contributed by atoms with Crippen molar-refractivity contribution in [3.05, 3.63) is 53.9 Å². The van der Waals surface area contributed by atoms with Crippen LogP contribution in [0.25, 0.3) is 22.8 Å². The summed E-state index contributed by atoms with van der Waals surface area (Å²) >= 11 is 0. The first-order chi connectivity index (χ1) is 10.4. The molecule has 22 heavy (non-hydrogen) atoms. The standard InChI is InChI=1S/C15H11F3N4/c1-9-5-6-19-12(7-9)10-3-2-4-11(20-10)13-8-14(22-21-13)15(16,17)18/h2-8H,1H3,(H,21,22). The fraction of sp³-hybridized carbons (Fsp3) is 0.133. The number of nitrogens with one attached hydrogen (secondary N) is 1. The summed E-state index contributed by atoms with van der Waals surface area (Å²) in [7, 11) is 0. The third-order valence-electron chi connectivity index (χ3n) is 3.07. The highest BCUT2D eigenvalue weighted by Crippen LogP contribution is 2.30. The van der Waals surface area contributed by atoms with Crippen molar-refractivity contribution in [3.8, 4) is 22.8 Å². The average molecular weight is 304 g/mol. The lowest BCUT2D eigenvalue weighted by molar-refractivity contribution is -0.141. The van der Waals surface area contributed by atoms with E-state index in [0.717, 1.165) is 11.6 Å². The van der Waals surface area contributed by atoms with Gasteiger partial charge in [0.05, 0.1) is 22.8 Å². The molecular formula is C15H11F3N4. The van der Waals surface area contributed by atoms with Crippen LogP contribution >= 0.6 is 0 Å². The third kappa shape index (κ3) is 2.83. The lowest BCUT2D eigenvalue weighted by Crippen LogP contribution is -2.04. The van der Waals surface area contributed by atoms with Crippen molar-refractivity contribution in [1.29, 1.82) is 0 Å². The molecule has 0 amide bonds. The molecule has 0 saturated carbocycles. The highest BCUT2D eigenvalue weighted by atomic mass is 19.4. The number of aromatic nitrogens is 4. The van der Waals surface area contributed by atoms with Crippen molar-refractivity contribution in [2.24, 2.45) is 0 Å². The number of pyridine rings is 2. The number of halogens is 3. The average Bonchev–Trinajstić information content (AvgIpc) is 2.97. The second-order valence-corrected chi connectivity index (χ2v) is 4.79. The zero-order valence-electron chi connectivity index (χ0n) is 11.5. The minimum absolute atomic E-state index is 0.210. The quantitative estimate of drug-likeness (QED) is 0.782. The van der Waals surface area contributed by atoms with E-state index in [1.54, 1.807) is 24.4 Å². The van der Waals surface area contributed by atoms with Gasteiger partial charge >= 0.3 is 6.18 Å². The summed E-state index contributed by atoms with van der Waals surface area (Å²) in [5.74, 6) is 0. The van der Waals surface area contributed by atoms with Gasteiger partial charge in [-0.2, -0.15) is 18.3 Å². The second-order valence-electron chi connectivity index (χ2n) is 4.79. The molecule has 0 spiro atoms. The van der Waals surface area contributed by atoms with E-state index in [1.165, 1.54) is 0 Å². The van der Waals surface area contributed by atoms with Crippen molar-refractivity contribution in [2.75, 3.05) is 0 Å². The highest BCUT2D eigenvalue weighted by molar-refractivity contribution is 5.62. The van der Waals surface area contributed by atoms with Gasteiger partial charge in [-0.15, -0.1) is 0 Å². The molecule has 112 valence electrons. The predicted molar refractivity (Wildman–Crippen MR) is 74.8 cm³/mol. The van der Waals surface area contributed by atoms with Gasteiger partial charge in [-0.3, -0.25) is 10.1 Å². The topological polar surface area (TPSA) is 54.5 Å². The Kier molecular flexibility index (Phi) is 3.40. The number of hydrogen-bond donors (Lipinski definition) is 1. The predicted octanol–water partition coefficient (Wildman–Crippen LogP) is 3.86. The van der Waals surface area contributed by atoms with Crippen LogP contribution in [0.4, 0.5) is 13.2 Å². The van der Waals surface area contributed by atoms with Crippen molar-refractivity contribution < 1.29 is 13.2 Å². The number of rotatable bonds is 2. The van der Waals surface area contributed by atoms with Gasteiger partial charge in [0.2, 0.25) is 0 Å². The Labute approximate surface area is 124 Å². The molecule has 0 aromatic carbocycles. The Morgan fingerprint density at radius 2 is 1.77 bits per heavy atom. The zero-order chi connectivity index (χ0) is 15.7. The second kappa shape index (κ2) is 5.25. The number of aryl methyl sites for hydroxylation is 1. The van der Waals surface area contributed by atoms with E-state index in [4.69, 9.17) is 0 Å². The molecule has 3 heterocycles. The summed E-state index contributed by atoms with van der Waals surface area (Å²) in [5, 5.41) is 5.64. The van der Waals surface area contributed by atoms with Gasteiger partial charge < -0.3 is 0 Å². The van der Waals surface area contributed by atoms with Gasteiger partial charge in [0.25, 0.3) is 0 Å². The molecule has 0 bridgehead atoms. The molecular weight excluding hydrogens is 293 g/mol. The lowest BCUT2D eigenvalue weighted by atomic mass is 10.1. The summed E-state index contributed by atoms with van der Waals surface area (Å²) < 4.78 is 37.8. The molecule has 4 nitrogen and oxygen atoms in total. The number of alkyl halides is 3. The molecule has 7 heteroatoms. The van der Waals surface area contributed by atoms with Crippen LogP contribution in [0.2, 0.25) is 0 Å². The van der Waals surface area contributed by atoms with Crippen LogP contribution in [-0.2, 0) is 6.18 Å². The normalized spacial score (nSPS) is 11.6. The van der Waals surface area contributed by atoms with Crippen molar-refractivity contribution in [1.82, 2.24) is 20.2 Å². The maximum absolute atomic E-state index is 12.6. The Balaban J connectivity index is 1.99. The van der Waals surface area contributed by atoms with Crippen molar-refractivity contribution in [2.45, 2.75) is 13.1 Å². The Morgan fingerprint density at radius 1 is 1.00 bits per heavy atom. The van der Waals surface area contributed by atoms with Gasteiger partial charge in [-0.05, 0) is 42.8 Å². The molecule has 0 unspecified atom stereocenters. The molecule has 0 atom stereocenters. The van der Waals surface area contributed by atoms with Gasteiger partial charge in [-0.1, -0.05) is 6.07 Å². The SMILES string of the molecule is Cc1ccnc(-c2cccc(-c3cc(C(F)(F)F)n[nH]3)n2)c1. The Morgan fingerprint density at radius 3 is 2.45 bits per heavy atom. The molecule has 3 aromatic heterocycles. The number of hydrogen-bond acceptors (Lipinski definition) is 3. The first kappa shape index (κ1) is 14.2. The lowest BCUT2D eigenvalue weighted by Gasteiger charge is -2.03. The smallest absolute Gasteiger partial charge is 0.276 e. The summed E-state index contributed by atoms with van der Waals surface area (Å²) in [4.78, 5) is 8.57. The summed E-state index contributed by atoms with van der Waals surface area (Å²) in [6.07, 6.45) is -2.82. The fourth-order valence-corrected chi connectivity index (χ4v) is 2.00. The van der Waals surface area contributed by atoms with Crippen LogP contribution in [0, 0.1) is 6.92 Å². The largest absolute Gasteiger partial charge is 0.435 e. The van der Waals surface area contributed by atoms with Crippen LogP contribution in [0.1, 0.15) is 11.3 Å². The van der Waals surface area contributed by atoms with E-state index in [2.05, 4.69) is 20.2 Å². The highest BCUT2D eigenvalue weighted by Gasteiger charge is 2.34. The van der Waals surface area contributed by atoms with Crippen LogP contribution in [0.15, 0.2) is 42.6 Å². The molecule has 0 radical (unpaired) electrons. The summed E-state index contributed by atoms with van der Waals surface area (Å²) in [6, 6.07) is 9.75. The minimum Gasteiger partial charge on any atom is -0.276 e. The van der Waals surface area contributed by atoms with Gasteiger partial charge in [0, 0.05) is 6.20 Å². The maximum Gasteiger partial charge on any atom is 0.435 e. The van der Waals surface area contributed by atoms with Crippen LogP contribution < -0.4 is 0 Å². The van der Waals surface area contributed by atoms with Crippen LogP contribution in [0.5, 0.6) is 0 Å². The van der Waals surface area contributed by atoms with E-state index in [1.807, 2.05) is 19.1 Å². The first-order valence-electron chi connectivity index (χ1n) is 6.46. The number of H-pyrrole nitrogens is 1. The molecule has 0 fully saturated rings. The van der Waals surface area contributed by atoms with E-state index in [9.17, 15) is 13.2 Å². The Bertz CT molecular complexity index is 808. The molecule has 0 saturated heterocycles. The zero-order valence-corrected chi connectivity index (χ0v) is 11.5. The van der Waals surface area contributed by atoms with E-state index < -0.39 is 11.9 Å². The van der Waals surface area contributed by atoms with Crippen molar-refractivity contribution >= 4 is 0 Å². The van der Waals surface area contributed by atoms with E-state index >= 15 is 0 Å². The monoisotopic (exact) mass is 304 g/mol. The fourth-order valence-electron chi connectivity index (χ4n) is 2.00. The van der Waals surface area contributed by atoms with Gasteiger partial charge in [0.15, 0.2) is 5.69 Å². The molecule has 3 aromatic rings. The number of nitrogens with zero attached hydrogens (tertiary/aromatic N) is 3. The van der Waals surface area contributed by atoms with E-state index in [-0.39, 0.29) is 5.69 Å². The van der Waals surface area contributed by atoms with Crippen LogP contribution in [0.3, 0.4) is 0 Å². The third-order valence-corrected chi connectivity index (χ3v) is 3.07. The molecule has 0 aliphatic heterocycles. The summed E-state index contributed by atoms with van der Waals surface area (Å²) in [5.41, 5.74) is 1.90. The van der Waals surface area contributed by atoms with Crippen LogP contribution in [-0.4, -0.2) is 20.2 Å². The number of aromatic amines is 1. The molecule has 1 N–H and O–H groups in total. The summed E-state index contributed by atoms with van der Waals surface area (Å²) in [6.45, 7) is 1.93. The van der Waals surface area contributed by atoms with Gasteiger partial charge in [0.1, 0.15) is 0 Å². The first-order valence-corrected chi connectivity index (χ1v) is 6.46. The Hall–Kier alpha value is -2.70.